The van der Waals surface area contributed by atoms with Gasteiger partial charge in [0.15, 0.2) is 0 Å². The Morgan fingerprint density at radius 1 is 1.50 bits per heavy atom. The van der Waals surface area contributed by atoms with Gasteiger partial charge < -0.3 is 5.73 Å². The van der Waals surface area contributed by atoms with Crippen LogP contribution in [0.2, 0.25) is 5.02 Å². The van der Waals surface area contributed by atoms with Crippen LogP contribution < -0.4 is 5.73 Å². The number of nitrogen functional groups attached to an aromatic ring is 1. The zero-order valence-corrected chi connectivity index (χ0v) is 9.36. The van der Waals surface area contributed by atoms with Gasteiger partial charge in [-0.3, -0.25) is 0 Å². The summed E-state index contributed by atoms with van der Waals surface area (Å²) < 4.78 is 1.48. The maximum absolute atomic E-state index is 8.80. The smallest absolute Gasteiger partial charge is 0.145 e. The molecule has 1 aromatic carbocycles. The van der Waals surface area contributed by atoms with Crippen LogP contribution in [0.25, 0.3) is 5.69 Å². The minimum absolute atomic E-state index is 0.304. The molecule has 2 rings (SSSR count). The number of hydrogen-bond acceptors (Lipinski definition) is 3. The summed E-state index contributed by atoms with van der Waals surface area (Å²) in [6.45, 7) is 1.91. The number of nitrogens with two attached hydrogens (primary N) is 1. The summed E-state index contributed by atoms with van der Waals surface area (Å²) in [6.07, 6.45) is 1.43. The van der Waals surface area contributed by atoms with Crippen LogP contribution in [-0.4, -0.2) is 9.78 Å². The number of rotatable bonds is 1. The Balaban J connectivity index is 2.69. The zero-order valence-electron chi connectivity index (χ0n) is 8.61. The SMILES string of the molecule is Cc1cccc(Cl)c1-n1ncc(C#N)c1N. The fourth-order valence-electron chi connectivity index (χ4n) is 1.51. The lowest BCUT2D eigenvalue weighted by molar-refractivity contribution is 0.883. The van der Waals surface area contributed by atoms with Crippen LogP contribution in [0.15, 0.2) is 24.4 Å². The molecule has 0 spiro atoms. The summed E-state index contributed by atoms with van der Waals surface area (Å²) in [7, 11) is 0. The van der Waals surface area contributed by atoms with Gasteiger partial charge in [-0.1, -0.05) is 23.7 Å². The van der Waals surface area contributed by atoms with E-state index in [-0.39, 0.29) is 0 Å². The Hall–Kier alpha value is -1.99. The van der Waals surface area contributed by atoms with Crippen LogP contribution in [0.1, 0.15) is 11.1 Å². The molecule has 16 heavy (non-hydrogen) atoms. The Kier molecular flexibility index (Phi) is 2.55. The second-order valence-corrected chi connectivity index (χ2v) is 3.78. The number of nitrogens with zero attached hydrogens (tertiary/aromatic N) is 3. The van der Waals surface area contributed by atoms with Crippen molar-refractivity contribution >= 4 is 17.4 Å². The van der Waals surface area contributed by atoms with Gasteiger partial charge in [0, 0.05) is 0 Å². The highest BCUT2D eigenvalue weighted by molar-refractivity contribution is 6.32. The lowest BCUT2D eigenvalue weighted by Gasteiger charge is -2.09. The quantitative estimate of drug-likeness (QED) is 0.820. The van der Waals surface area contributed by atoms with Gasteiger partial charge in [0.05, 0.1) is 16.9 Å². The Morgan fingerprint density at radius 2 is 2.25 bits per heavy atom. The van der Waals surface area contributed by atoms with E-state index in [1.807, 2.05) is 25.1 Å². The minimum atomic E-state index is 0.304. The second kappa shape index (κ2) is 3.87. The van der Waals surface area contributed by atoms with Gasteiger partial charge in [-0.2, -0.15) is 10.4 Å². The first-order valence-corrected chi connectivity index (χ1v) is 5.02. The molecule has 2 N–H and O–H groups in total. The average Bonchev–Trinajstić information content (AvgIpc) is 2.60. The van der Waals surface area contributed by atoms with Gasteiger partial charge in [0.1, 0.15) is 17.5 Å². The summed E-state index contributed by atoms with van der Waals surface area (Å²) in [6, 6.07) is 7.50. The molecule has 1 aromatic heterocycles. The van der Waals surface area contributed by atoms with E-state index in [9.17, 15) is 0 Å². The molecule has 4 nitrogen and oxygen atoms in total. The maximum atomic E-state index is 8.80. The van der Waals surface area contributed by atoms with Crippen molar-refractivity contribution in [3.05, 3.63) is 40.5 Å². The summed E-state index contributed by atoms with van der Waals surface area (Å²) in [5, 5.41) is 13.4. The first kappa shape index (κ1) is 10.5. The second-order valence-electron chi connectivity index (χ2n) is 3.37. The van der Waals surface area contributed by atoms with E-state index in [4.69, 9.17) is 22.6 Å². The molecule has 0 radical (unpaired) electrons. The van der Waals surface area contributed by atoms with Crippen molar-refractivity contribution in [2.75, 3.05) is 5.73 Å². The van der Waals surface area contributed by atoms with Gasteiger partial charge in [0.2, 0.25) is 0 Å². The zero-order chi connectivity index (χ0) is 11.7. The summed E-state index contributed by atoms with van der Waals surface area (Å²) >= 11 is 6.09. The molecule has 0 unspecified atom stereocenters. The Morgan fingerprint density at radius 3 is 2.81 bits per heavy atom. The van der Waals surface area contributed by atoms with E-state index in [2.05, 4.69) is 5.10 Å². The van der Waals surface area contributed by atoms with Crippen molar-refractivity contribution in [1.29, 1.82) is 5.26 Å². The number of para-hydroxylation sites is 1. The Bertz CT molecular complexity index is 560. The number of aryl methyl sites for hydroxylation is 1. The fraction of sp³-hybridized carbons (Fsp3) is 0.0909. The monoisotopic (exact) mass is 232 g/mol. The predicted molar refractivity (Wildman–Crippen MR) is 62.4 cm³/mol. The van der Waals surface area contributed by atoms with Crippen molar-refractivity contribution in [3.8, 4) is 11.8 Å². The third kappa shape index (κ3) is 1.51. The Labute approximate surface area is 97.9 Å². The van der Waals surface area contributed by atoms with Gasteiger partial charge in [-0.25, -0.2) is 4.68 Å². The van der Waals surface area contributed by atoms with Crippen LogP contribution in [0.5, 0.6) is 0 Å². The number of aromatic nitrogens is 2. The maximum Gasteiger partial charge on any atom is 0.145 e. The predicted octanol–water partition coefficient (Wildman–Crippen LogP) is 2.29. The van der Waals surface area contributed by atoms with E-state index in [0.29, 0.717) is 22.1 Å². The first-order chi connectivity index (χ1) is 7.65. The van der Waals surface area contributed by atoms with Crippen LogP contribution in [0, 0.1) is 18.3 Å². The lowest BCUT2D eigenvalue weighted by atomic mass is 10.2. The molecule has 0 atom stereocenters. The third-order valence-corrected chi connectivity index (χ3v) is 2.63. The number of anilines is 1. The highest BCUT2D eigenvalue weighted by atomic mass is 35.5. The van der Waals surface area contributed by atoms with E-state index in [0.717, 1.165) is 5.56 Å². The molecule has 0 aliphatic heterocycles. The molecular formula is C11H9ClN4. The molecule has 1 heterocycles. The molecule has 0 aliphatic rings. The number of benzene rings is 1. The highest BCUT2D eigenvalue weighted by Crippen LogP contribution is 2.26. The largest absolute Gasteiger partial charge is 0.382 e. The molecule has 0 fully saturated rings. The highest BCUT2D eigenvalue weighted by Gasteiger charge is 2.12. The molecule has 5 heteroatoms. The number of nitriles is 1. The summed E-state index contributed by atoms with van der Waals surface area (Å²) in [4.78, 5) is 0. The van der Waals surface area contributed by atoms with E-state index in [1.165, 1.54) is 10.9 Å². The van der Waals surface area contributed by atoms with Crippen LogP contribution >= 0.6 is 11.6 Å². The van der Waals surface area contributed by atoms with Gasteiger partial charge in [0.25, 0.3) is 0 Å². The lowest BCUT2D eigenvalue weighted by Crippen LogP contribution is -2.04. The molecule has 80 valence electrons. The van der Waals surface area contributed by atoms with Crippen molar-refractivity contribution in [2.45, 2.75) is 6.92 Å². The normalized spacial score (nSPS) is 10.1. The average molecular weight is 233 g/mol. The molecule has 0 bridgehead atoms. The van der Waals surface area contributed by atoms with Crippen molar-refractivity contribution in [1.82, 2.24) is 9.78 Å². The van der Waals surface area contributed by atoms with Crippen molar-refractivity contribution in [2.24, 2.45) is 0 Å². The van der Waals surface area contributed by atoms with Gasteiger partial charge in [-0.15, -0.1) is 0 Å². The number of hydrogen-bond donors (Lipinski definition) is 1. The summed E-state index contributed by atoms with van der Waals surface area (Å²) in [5.41, 5.74) is 7.81. The standard InChI is InChI=1S/C11H9ClN4/c1-7-3-2-4-9(12)10(7)16-11(14)8(5-13)6-15-16/h2-4,6H,14H2,1H3. The fourth-order valence-corrected chi connectivity index (χ4v) is 1.82. The molecule has 0 aliphatic carbocycles. The van der Waals surface area contributed by atoms with Crippen LogP contribution in [-0.2, 0) is 0 Å². The van der Waals surface area contributed by atoms with Crippen molar-refractivity contribution < 1.29 is 0 Å². The molecular weight excluding hydrogens is 224 g/mol. The number of halogens is 1. The van der Waals surface area contributed by atoms with E-state index < -0.39 is 0 Å². The van der Waals surface area contributed by atoms with E-state index >= 15 is 0 Å². The third-order valence-electron chi connectivity index (χ3n) is 2.33. The summed E-state index contributed by atoms with van der Waals surface area (Å²) in [5.74, 6) is 0.304. The van der Waals surface area contributed by atoms with Gasteiger partial charge in [-0.05, 0) is 18.6 Å². The van der Waals surface area contributed by atoms with Crippen LogP contribution in [0.4, 0.5) is 5.82 Å². The first-order valence-electron chi connectivity index (χ1n) is 4.64. The molecule has 0 saturated carbocycles. The molecule has 2 aromatic rings. The molecule has 0 saturated heterocycles. The van der Waals surface area contributed by atoms with Crippen molar-refractivity contribution in [3.63, 3.8) is 0 Å². The van der Waals surface area contributed by atoms with Crippen LogP contribution in [0.3, 0.4) is 0 Å². The van der Waals surface area contributed by atoms with Gasteiger partial charge >= 0.3 is 0 Å². The minimum Gasteiger partial charge on any atom is -0.382 e. The topological polar surface area (TPSA) is 67.6 Å². The van der Waals surface area contributed by atoms with E-state index in [1.54, 1.807) is 6.07 Å². The molecule has 0 amide bonds.